The molecule has 0 radical (unpaired) electrons. The lowest BCUT2D eigenvalue weighted by Crippen LogP contribution is -2.17. The molecule has 12 heteroatoms. The quantitative estimate of drug-likeness (QED) is 0.351. The molecule has 0 aromatic carbocycles. The molecule has 0 aromatic heterocycles. The van der Waals surface area contributed by atoms with Crippen molar-refractivity contribution in [3.63, 3.8) is 0 Å². The number of hydrogen-bond donors (Lipinski definition) is 2. The van der Waals surface area contributed by atoms with Crippen LogP contribution in [-0.4, -0.2) is 36.3 Å². The molecule has 0 bridgehead atoms. The van der Waals surface area contributed by atoms with Gasteiger partial charge in [0, 0.05) is 0 Å². The molecule has 0 amide bonds. The SMILES string of the molecule is O=S(=O)(O)C(C1=CC=C(N=C=S)CC1)=C(C1=CC=C(N=C=S)CC1)S(=O)(=O)O. The Balaban J connectivity index is 2.77. The third-order valence-electron chi connectivity index (χ3n) is 3.94. The van der Waals surface area contributed by atoms with Crippen LogP contribution in [0.5, 0.6) is 0 Å². The molecule has 8 nitrogen and oxygen atoms in total. The summed E-state index contributed by atoms with van der Waals surface area (Å²) in [5.74, 6) is 0. The maximum absolute atomic E-state index is 12.1. The van der Waals surface area contributed by atoms with Crippen LogP contribution in [0.3, 0.4) is 0 Å². The van der Waals surface area contributed by atoms with Crippen molar-refractivity contribution in [1.82, 2.24) is 0 Å². The van der Waals surface area contributed by atoms with Crippen molar-refractivity contribution in [3.8, 4) is 0 Å². The molecule has 2 aliphatic rings. The van der Waals surface area contributed by atoms with Crippen LogP contribution in [0.1, 0.15) is 25.7 Å². The van der Waals surface area contributed by atoms with Crippen LogP contribution in [-0.2, 0) is 20.2 Å². The number of allylic oxidation sites excluding steroid dienone is 8. The summed E-state index contributed by atoms with van der Waals surface area (Å²) in [6.07, 6.45) is 6.11. The summed E-state index contributed by atoms with van der Waals surface area (Å²) in [6, 6.07) is 0. The van der Waals surface area contributed by atoms with Gasteiger partial charge in [-0.15, -0.1) is 0 Å². The smallest absolute Gasteiger partial charge is 0.282 e. The predicted octanol–water partition coefficient (Wildman–Crippen LogP) is 3.39. The average molecular weight is 459 g/mol. The van der Waals surface area contributed by atoms with Gasteiger partial charge in [0.1, 0.15) is 9.81 Å². The maximum Gasteiger partial charge on any atom is 0.296 e. The van der Waals surface area contributed by atoms with E-state index in [0.717, 1.165) is 0 Å². The Labute approximate surface area is 173 Å². The lowest BCUT2D eigenvalue weighted by atomic mass is 9.98. The molecule has 0 unspecified atom stereocenters. The van der Waals surface area contributed by atoms with E-state index in [0.29, 0.717) is 11.4 Å². The summed E-state index contributed by atoms with van der Waals surface area (Å²) in [4.78, 5) is 5.86. The van der Waals surface area contributed by atoms with Crippen LogP contribution in [0.4, 0.5) is 0 Å². The third kappa shape index (κ3) is 5.57. The first kappa shape index (κ1) is 22.4. The monoisotopic (exact) mass is 458 g/mol. The molecule has 0 saturated heterocycles. The highest BCUT2D eigenvalue weighted by Crippen LogP contribution is 2.37. The van der Waals surface area contributed by atoms with Gasteiger partial charge in [0.15, 0.2) is 0 Å². The summed E-state index contributed by atoms with van der Waals surface area (Å²) < 4.78 is 67.7. The minimum atomic E-state index is -4.99. The lowest BCUT2D eigenvalue weighted by molar-refractivity contribution is 0.483. The molecule has 0 fully saturated rings. The van der Waals surface area contributed by atoms with Crippen LogP contribution in [0, 0.1) is 0 Å². The molecule has 2 rings (SSSR count). The zero-order chi connectivity index (χ0) is 20.9. The topological polar surface area (TPSA) is 133 Å². The minimum Gasteiger partial charge on any atom is -0.282 e. The van der Waals surface area contributed by atoms with Crippen LogP contribution in [0.15, 0.2) is 66.6 Å². The molecular weight excluding hydrogens is 444 g/mol. The van der Waals surface area contributed by atoms with Gasteiger partial charge in [-0.2, -0.15) is 26.8 Å². The van der Waals surface area contributed by atoms with E-state index in [2.05, 4.69) is 44.7 Å². The van der Waals surface area contributed by atoms with Crippen molar-refractivity contribution in [1.29, 1.82) is 0 Å². The van der Waals surface area contributed by atoms with Gasteiger partial charge in [0.2, 0.25) is 0 Å². The highest BCUT2D eigenvalue weighted by atomic mass is 32.2. The van der Waals surface area contributed by atoms with Gasteiger partial charge in [-0.3, -0.25) is 9.11 Å². The van der Waals surface area contributed by atoms with Crippen molar-refractivity contribution in [2.45, 2.75) is 25.7 Å². The number of isothiocyanates is 2. The summed E-state index contributed by atoms with van der Waals surface area (Å²) in [7, 11) is -9.98. The van der Waals surface area contributed by atoms with Crippen LogP contribution >= 0.6 is 24.4 Å². The van der Waals surface area contributed by atoms with Gasteiger partial charge in [-0.1, -0.05) is 12.2 Å². The van der Waals surface area contributed by atoms with E-state index in [-0.39, 0.29) is 36.8 Å². The molecule has 2 aliphatic carbocycles. The number of thiocarbonyl (C=S) groups is 2. The first-order chi connectivity index (χ1) is 13.1. The van der Waals surface area contributed by atoms with E-state index in [1.807, 2.05) is 0 Å². The third-order valence-corrected chi connectivity index (χ3v) is 6.21. The van der Waals surface area contributed by atoms with Gasteiger partial charge in [-0.25, -0.2) is 0 Å². The second-order valence-electron chi connectivity index (χ2n) is 5.71. The van der Waals surface area contributed by atoms with E-state index in [1.165, 1.54) is 24.3 Å². The van der Waals surface area contributed by atoms with Gasteiger partial charge < -0.3 is 0 Å². The summed E-state index contributed by atoms with van der Waals surface area (Å²) in [5, 5.41) is 4.37. The number of nitrogens with zero attached hydrogens (tertiary/aromatic N) is 2. The fourth-order valence-corrected chi connectivity index (χ4v) is 5.39. The van der Waals surface area contributed by atoms with Crippen LogP contribution in [0.2, 0.25) is 0 Å². The second kappa shape index (κ2) is 9.08. The molecule has 2 N–H and O–H groups in total. The molecule has 148 valence electrons. The maximum atomic E-state index is 12.1. The number of hydrogen-bond acceptors (Lipinski definition) is 8. The van der Waals surface area contributed by atoms with Crippen molar-refractivity contribution in [2.24, 2.45) is 9.98 Å². The molecule has 0 atom stereocenters. The summed E-state index contributed by atoms with van der Waals surface area (Å²) in [5.41, 5.74) is 1.07. The Kier molecular flexibility index (Phi) is 7.27. The minimum absolute atomic E-state index is 0.0195. The molecule has 0 aliphatic heterocycles. The Morgan fingerprint density at radius 3 is 1.32 bits per heavy atom. The van der Waals surface area contributed by atoms with Gasteiger partial charge in [0.25, 0.3) is 20.2 Å². The summed E-state index contributed by atoms with van der Waals surface area (Å²) in [6.45, 7) is 0. The van der Waals surface area contributed by atoms with Crippen molar-refractivity contribution in [2.75, 3.05) is 0 Å². The predicted molar refractivity (Wildman–Crippen MR) is 111 cm³/mol. The molecule has 0 heterocycles. The van der Waals surface area contributed by atoms with Crippen molar-refractivity contribution < 1.29 is 25.9 Å². The van der Waals surface area contributed by atoms with E-state index in [1.54, 1.807) is 0 Å². The van der Waals surface area contributed by atoms with Crippen molar-refractivity contribution >= 4 is 55.0 Å². The summed E-state index contributed by atoms with van der Waals surface area (Å²) >= 11 is 9.02. The van der Waals surface area contributed by atoms with Gasteiger partial charge in [-0.05, 0) is 73.4 Å². The second-order valence-corrected chi connectivity index (χ2v) is 8.80. The molecule has 0 saturated carbocycles. The highest BCUT2D eigenvalue weighted by molar-refractivity contribution is 7.94. The van der Waals surface area contributed by atoms with Crippen LogP contribution in [0.25, 0.3) is 0 Å². The van der Waals surface area contributed by atoms with Gasteiger partial charge in [0.05, 0.1) is 21.7 Å². The standard InChI is InChI=1S/C16H14N2O6S4/c19-27(20,21)15(11-1-5-13(6-2-11)17-9-25)16(28(22,23)24)12-3-7-14(8-4-12)18-10-26/h1,3,5,7H,2,4,6,8H2,(H,19,20,21)(H,22,23,24). The molecule has 28 heavy (non-hydrogen) atoms. The number of rotatable bonds is 6. The molecule has 0 spiro atoms. The largest absolute Gasteiger partial charge is 0.296 e. The fourth-order valence-electron chi connectivity index (χ4n) is 2.79. The average Bonchev–Trinajstić information content (AvgIpc) is 2.60. The van der Waals surface area contributed by atoms with E-state index in [4.69, 9.17) is 0 Å². The first-order valence-corrected chi connectivity index (χ1v) is 11.4. The zero-order valence-electron chi connectivity index (χ0n) is 14.2. The molecular formula is C16H14N2O6S4. The first-order valence-electron chi connectivity index (χ1n) is 7.73. The van der Waals surface area contributed by atoms with E-state index >= 15 is 0 Å². The lowest BCUT2D eigenvalue weighted by Gasteiger charge is -2.19. The highest BCUT2D eigenvalue weighted by Gasteiger charge is 2.33. The van der Waals surface area contributed by atoms with Gasteiger partial charge >= 0.3 is 0 Å². The van der Waals surface area contributed by atoms with Crippen molar-refractivity contribution in [3.05, 3.63) is 56.7 Å². The Bertz CT molecular complexity index is 1070. The van der Waals surface area contributed by atoms with Crippen LogP contribution < -0.4 is 0 Å². The molecule has 0 aromatic rings. The Hall–Kier alpha value is -1.88. The zero-order valence-corrected chi connectivity index (χ0v) is 17.5. The van der Waals surface area contributed by atoms with E-state index < -0.39 is 30.0 Å². The Morgan fingerprint density at radius 1 is 0.750 bits per heavy atom. The Morgan fingerprint density at radius 2 is 1.11 bits per heavy atom. The normalized spacial score (nSPS) is 18.4. The fraction of sp³-hybridized carbons (Fsp3) is 0.250. The number of aliphatic imine (C=N–C) groups is 2. The van der Waals surface area contributed by atoms with E-state index in [9.17, 15) is 25.9 Å².